The number of amides is 1. The molecule has 1 heterocycles. The van der Waals surface area contributed by atoms with E-state index in [0.717, 1.165) is 16.2 Å². The van der Waals surface area contributed by atoms with E-state index in [1.807, 2.05) is 18.2 Å². The van der Waals surface area contributed by atoms with Gasteiger partial charge in [0.25, 0.3) is 11.1 Å². The zero-order valence-corrected chi connectivity index (χ0v) is 18.4. The number of carbonyl (C=O) groups excluding carboxylic acids is 1. The monoisotopic (exact) mass is 501 g/mol. The Labute approximate surface area is 184 Å². The molecule has 0 saturated carbocycles. The largest absolute Gasteiger partial charge is 0.479 e. The van der Waals surface area contributed by atoms with E-state index in [1.165, 1.54) is 0 Å². The van der Waals surface area contributed by atoms with E-state index in [-0.39, 0.29) is 22.8 Å². The fourth-order valence-electron chi connectivity index (χ4n) is 2.15. The molecule has 1 N–H and O–H groups in total. The van der Waals surface area contributed by atoms with Crippen LogP contribution >= 0.6 is 50.9 Å². The van der Waals surface area contributed by atoms with Gasteiger partial charge in [0.2, 0.25) is 5.91 Å². The highest BCUT2D eigenvalue weighted by atomic mass is 79.9. The topological polar surface area (TPSA) is 77.2 Å². The molecule has 0 aliphatic heterocycles. The number of nitrogens with one attached hydrogen (secondary N) is 1. The molecule has 0 unspecified atom stereocenters. The average molecular weight is 503 g/mol. The second-order valence-electron chi connectivity index (χ2n) is 5.59. The van der Waals surface area contributed by atoms with Crippen LogP contribution in [0, 0.1) is 0 Å². The van der Waals surface area contributed by atoms with Gasteiger partial charge in [0.15, 0.2) is 6.10 Å². The van der Waals surface area contributed by atoms with Crippen molar-refractivity contribution in [1.82, 2.24) is 10.2 Å². The molecule has 1 aromatic heterocycles. The summed E-state index contributed by atoms with van der Waals surface area (Å²) in [6.45, 7) is 1.76. The second-order valence-corrected chi connectivity index (χ2v) is 8.27. The van der Waals surface area contributed by atoms with Crippen molar-refractivity contribution in [3.8, 4) is 5.75 Å². The summed E-state index contributed by atoms with van der Waals surface area (Å²) in [4.78, 5) is 12.1. The SMILES string of the molecule is C[C@@H](Oc1ccc(Cl)cc1Cl)c1nnc(SCC(=O)Nc2cccc(Br)c2)o1. The standard InChI is InChI=1S/C18H14BrCl2N3O3S/c1-10(26-15-6-5-12(20)8-14(15)21)17-23-24-18(27-17)28-9-16(25)22-13-4-2-3-11(19)7-13/h2-8,10H,9H2,1H3,(H,22,25)/t10-/m1/s1. The highest BCUT2D eigenvalue weighted by Crippen LogP contribution is 2.31. The Morgan fingerprint density at radius 2 is 2.11 bits per heavy atom. The zero-order valence-electron chi connectivity index (χ0n) is 14.5. The van der Waals surface area contributed by atoms with Crippen molar-refractivity contribution in [2.45, 2.75) is 18.3 Å². The number of halogens is 3. The number of nitrogens with zero attached hydrogens (tertiary/aromatic N) is 2. The zero-order chi connectivity index (χ0) is 20.1. The van der Waals surface area contributed by atoms with Crippen LogP contribution in [0.3, 0.4) is 0 Å². The highest BCUT2D eigenvalue weighted by Gasteiger charge is 2.18. The van der Waals surface area contributed by atoms with E-state index in [0.29, 0.717) is 21.5 Å². The molecule has 10 heteroatoms. The molecule has 0 aliphatic carbocycles. The number of hydrogen-bond donors (Lipinski definition) is 1. The smallest absolute Gasteiger partial charge is 0.277 e. The number of hydrogen-bond acceptors (Lipinski definition) is 6. The van der Waals surface area contributed by atoms with Crippen molar-refractivity contribution >= 4 is 62.5 Å². The molecule has 28 heavy (non-hydrogen) atoms. The Morgan fingerprint density at radius 1 is 1.29 bits per heavy atom. The summed E-state index contributed by atoms with van der Waals surface area (Å²) in [6.07, 6.45) is -0.518. The van der Waals surface area contributed by atoms with Crippen molar-refractivity contribution in [3.05, 3.63) is 62.9 Å². The maximum absolute atomic E-state index is 12.1. The van der Waals surface area contributed by atoms with E-state index in [4.69, 9.17) is 32.4 Å². The Balaban J connectivity index is 1.54. The van der Waals surface area contributed by atoms with Gasteiger partial charge in [0, 0.05) is 15.2 Å². The molecule has 146 valence electrons. The third-order valence-electron chi connectivity index (χ3n) is 3.40. The Morgan fingerprint density at radius 3 is 2.86 bits per heavy atom. The lowest BCUT2D eigenvalue weighted by Gasteiger charge is -2.12. The number of benzene rings is 2. The number of ether oxygens (including phenoxy) is 1. The van der Waals surface area contributed by atoms with Crippen molar-refractivity contribution in [2.75, 3.05) is 11.1 Å². The van der Waals surface area contributed by atoms with Crippen LogP contribution in [0.15, 0.2) is 56.6 Å². The Bertz CT molecular complexity index is 986. The van der Waals surface area contributed by atoms with Gasteiger partial charge in [0.05, 0.1) is 10.8 Å². The van der Waals surface area contributed by atoms with Crippen LogP contribution in [0.4, 0.5) is 5.69 Å². The lowest BCUT2D eigenvalue weighted by molar-refractivity contribution is -0.113. The molecule has 0 bridgehead atoms. The van der Waals surface area contributed by atoms with E-state index in [1.54, 1.807) is 31.2 Å². The molecule has 0 radical (unpaired) electrons. The predicted molar refractivity (Wildman–Crippen MR) is 113 cm³/mol. The summed E-state index contributed by atoms with van der Waals surface area (Å²) in [5.74, 6) is 0.687. The van der Waals surface area contributed by atoms with Gasteiger partial charge in [-0.15, -0.1) is 10.2 Å². The average Bonchev–Trinajstić information content (AvgIpc) is 3.11. The molecule has 0 saturated heterocycles. The van der Waals surface area contributed by atoms with Gasteiger partial charge in [-0.1, -0.05) is 57.0 Å². The summed E-state index contributed by atoms with van der Waals surface area (Å²) in [5, 5.41) is 11.9. The molecular formula is C18H14BrCl2N3O3S. The van der Waals surface area contributed by atoms with Crippen LogP contribution in [0.25, 0.3) is 0 Å². The van der Waals surface area contributed by atoms with E-state index in [2.05, 4.69) is 31.4 Å². The second kappa shape index (κ2) is 9.65. The Hall–Kier alpha value is -1.74. The highest BCUT2D eigenvalue weighted by molar-refractivity contribution is 9.10. The van der Waals surface area contributed by atoms with Gasteiger partial charge in [-0.05, 0) is 43.3 Å². The number of rotatable bonds is 7. The van der Waals surface area contributed by atoms with Gasteiger partial charge in [-0.3, -0.25) is 4.79 Å². The van der Waals surface area contributed by atoms with Crippen molar-refractivity contribution in [1.29, 1.82) is 0 Å². The lowest BCUT2D eigenvalue weighted by atomic mass is 10.3. The first kappa shape index (κ1) is 21.0. The minimum Gasteiger partial charge on any atom is -0.479 e. The first-order chi connectivity index (χ1) is 13.4. The van der Waals surface area contributed by atoms with E-state index >= 15 is 0 Å². The summed E-state index contributed by atoms with van der Waals surface area (Å²) >= 11 is 16.5. The minimum atomic E-state index is -0.518. The van der Waals surface area contributed by atoms with Crippen LogP contribution in [0.1, 0.15) is 18.9 Å². The van der Waals surface area contributed by atoms with Crippen LogP contribution in [-0.2, 0) is 4.79 Å². The van der Waals surface area contributed by atoms with Gasteiger partial charge in [0.1, 0.15) is 5.75 Å². The lowest BCUT2D eigenvalue weighted by Crippen LogP contribution is -2.13. The minimum absolute atomic E-state index is 0.131. The summed E-state index contributed by atoms with van der Waals surface area (Å²) in [7, 11) is 0. The van der Waals surface area contributed by atoms with Gasteiger partial charge in [-0.2, -0.15) is 0 Å². The molecule has 1 amide bonds. The van der Waals surface area contributed by atoms with Crippen LogP contribution < -0.4 is 10.1 Å². The summed E-state index contributed by atoms with van der Waals surface area (Å²) in [5.41, 5.74) is 0.702. The quantitative estimate of drug-likeness (QED) is 0.398. The van der Waals surface area contributed by atoms with Crippen molar-refractivity contribution < 1.29 is 13.9 Å². The molecule has 0 spiro atoms. The molecule has 3 aromatic rings. The third-order valence-corrected chi connectivity index (χ3v) is 5.24. The van der Waals surface area contributed by atoms with Crippen LogP contribution in [0.2, 0.25) is 10.0 Å². The van der Waals surface area contributed by atoms with Gasteiger partial charge >= 0.3 is 0 Å². The number of carbonyl (C=O) groups is 1. The summed E-state index contributed by atoms with van der Waals surface area (Å²) < 4.78 is 12.2. The van der Waals surface area contributed by atoms with Crippen molar-refractivity contribution in [2.24, 2.45) is 0 Å². The number of aromatic nitrogens is 2. The van der Waals surface area contributed by atoms with Crippen molar-refractivity contribution in [3.63, 3.8) is 0 Å². The van der Waals surface area contributed by atoms with Gasteiger partial charge in [-0.25, -0.2) is 0 Å². The molecule has 0 aliphatic rings. The maximum Gasteiger partial charge on any atom is 0.277 e. The maximum atomic E-state index is 12.1. The van der Waals surface area contributed by atoms with E-state index in [9.17, 15) is 4.79 Å². The van der Waals surface area contributed by atoms with Gasteiger partial charge < -0.3 is 14.5 Å². The van der Waals surface area contributed by atoms with Crippen LogP contribution in [-0.4, -0.2) is 21.9 Å². The molecule has 1 atom stereocenters. The fourth-order valence-corrected chi connectivity index (χ4v) is 3.57. The van der Waals surface area contributed by atoms with E-state index < -0.39 is 6.10 Å². The number of thioether (sulfide) groups is 1. The molecular weight excluding hydrogens is 489 g/mol. The summed E-state index contributed by atoms with van der Waals surface area (Å²) in [6, 6.07) is 12.3. The van der Waals surface area contributed by atoms with Crippen LogP contribution in [0.5, 0.6) is 5.75 Å². The Kier molecular flexibility index (Phi) is 7.23. The third kappa shape index (κ3) is 5.88. The number of anilines is 1. The first-order valence-corrected chi connectivity index (χ1v) is 10.6. The normalized spacial score (nSPS) is 11.9. The first-order valence-electron chi connectivity index (χ1n) is 8.04. The molecule has 3 rings (SSSR count). The fraction of sp³-hybridized carbons (Fsp3) is 0.167. The molecule has 2 aromatic carbocycles. The molecule has 6 nitrogen and oxygen atoms in total. The molecule has 0 fully saturated rings. The predicted octanol–water partition coefficient (Wildman–Crippen LogP) is 6.01.